The Hall–Kier alpha value is -2.41. The number of carbonyl (C=O) groups excluding carboxylic acids is 2. The number of nitrogens with one attached hydrogen (secondary N) is 1. The van der Waals surface area contributed by atoms with Crippen LogP contribution in [0.5, 0.6) is 0 Å². The molecule has 0 aromatic carbocycles. The molecule has 1 aliphatic rings. The highest BCUT2D eigenvalue weighted by Gasteiger charge is 2.58. The number of rotatable bonds is 4. The van der Waals surface area contributed by atoms with E-state index in [9.17, 15) is 9.59 Å². The number of amides is 1. The third kappa shape index (κ3) is 3.12. The second kappa shape index (κ2) is 5.90. The minimum Gasteiger partial charge on any atom is -0.458 e. The van der Waals surface area contributed by atoms with Gasteiger partial charge in [-0.15, -0.1) is 0 Å². The average Bonchev–Trinajstić information content (AvgIpc) is 3.18. The molecule has 2 aromatic rings. The molecule has 0 radical (unpaired) electrons. The lowest BCUT2D eigenvalue weighted by molar-refractivity contribution is -0.151. The molecule has 24 heavy (non-hydrogen) atoms. The standard InChI is InChI=1S/C16H17ClN4O3/c1-3-13(22)24-16(2)6-10(16)15(23)21-12-5-8-4-11(17)20-14(18)9(8)7-19-12/h4-5,7,10H,3,6H2,1-2H3,(H2,18,20)(H,19,21,23). The number of ether oxygens (including phenoxy) is 1. The zero-order valence-corrected chi connectivity index (χ0v) is 14.1. The van der Waals surface area contributed by atoms with Gasteiger partial charge in [0.05, 0.1) is 5.92 Å². The Labute approximate surface area is 143 Å². The Morgan fingerprint density at radius 2 is 2.25 bits per heavy atom. The minimum absolute atomic E-state index is 0.235. The van der Waals surface area contributed by atoms with Crippen molar-refractivity contribution in [2.24, 2.45) is 5.92 Å². The Morgan fingerprint density at radius 1 is 1.50 bits per heavy atom. The summed E-state index contributed by atoms with van der Waals surface area (Å²) in [6.45, 7) is 3.47. The van der Waals surface area contributed by atoms with Crippen molar-refractivity contribution in [3.63, 3.8) is 0 Å². The molecule has 2 aromatic heterocycles. The second-order valence-corrected chi connectivity index (χ2v) is 6.39. The zero-order valence-electron chi connectivity index (χ0n) is 13.3. The summed E-state index contributed by atoms with van der Waals surface area (Å²) >= 11 is 5.89. The second-order valence-electron chi connectivity index (χ2n) is 6.01. The maximum atomic E-state index is 12.3. The quantitative estimate of drug-likeness (QED) is 0.649. The number of anilines is 2. The monoisotopic (exact) mass is 348 g/mol. The molecule has 8 heteroatoms. The Bertz CT molecular complexity index is 841. The molecule has 0 aliphatic heterocycles. The average molecular weight is 349 g/mol. The molecule has 2 atom stereocenters. The van der Waals surface area contributed by atoms with Crippen LogP contribution in [-0.2, 0) is 14.3 Å². The summed E-state index contributed by atoms with van der Waals surface area (Å²) in [6.07, 6.45) is 2.32. The molecule has 7 nitrogen and oxygen atoms in total. The molecule has 2 heterocycles. The van der Waals surface area contributed by atoms with Gasteiger partial charge in [0.1, 0.15) is 22.4 Å². The Balaban J connectivity index is 1.74. The number of carbonyl (C=O) groups is 2. The van der Waals surface area contributed by atoms with Gasteiger partial charge in [-0.2, -0.15) is 0 Å². The number of esters is 1. The van der Waals surface area contributed by atoms with Crippen molar-refractivity contribution in [3.8, 4) is 0 Å². The molecule has 126 valence electrons. The summed E-state index contributed by atoms with van der Waals surface area (Å²) in [4.78, 5) is 31.9. The van der Waals surface area contributed by atoms with E-state index in [1.807, 2.05) is 0 Å². The molecule has 1 aliphatic carbocycles. The zero-order chi connectivity index (χ0) is 17.5. The summed E-state index contributed by atoms with van der Waals surface area (Å²) in [6, 6.07) is 3.32. The molecule has 1 fully saturated rings. The molecular weight excluding hydrogens is 332 g/mol. The molecular formula is C16H17ClN4O3. The van der Waals surface area contributed by atoms with Gasteiger partial charge >= 0.3 is 5.97 Å². The number of nitrogens with zero attached hydrogens (tertiary/aromatic N) is 2. The van der Waals surface area contributed by atoms with Gasteiger partial charge < -0.3 is 15.8 Å². The third-order valence-electron chi connectivity index (χ3n) is 4.10. The summed E-state index contributed by atoms with van der Waals surface area (Å²) in [5.74, 6) is -0.262. The first-order valence-corrected chi connectivity index (χ1v) is 7.94. The number of hydrogen-bond donors (Lipinski definition) is 2. The third-order valence-corrected chi connectivity index (χ3v) is 4.30. The van der Waals surface area contributed by atoms with E-state index in [0.29, 0.717) is 17.6 Å². The first kappa shape index (κ1) is 16.4. The van der Waals surface area contributed by atoms with Gasteiger partial charge in [-0.25, -0.2) is 9.97 Å². The predicted molar refractivity (Wildman–Crippen MR) is 90.5 cm³/mol. The highest BCUT2D eigenvalue weighted by Crippen LogP contribution is 2.47. The predicted octanol–water partition coefficient (Wildman–Crippen LogP) is 2.54. The van der Waals surface area contributed by atoms with Crippen molar-refractivity contribution in [1.29, 1.82) is 0 Å². The number of nitrogens with two attached hydrogens (primary N) is 1. The van der Waals surface area contributed by atoms with Gasteiger partial charge in [0.25, 0.3) is 0 Å². The summed E-state index contributed by atoms with van der Waals surface area (Å²) in [5.41, 5.74) is 5.06. The Morgan fingerprint density at radius 3 is 2.96 bits per heavy atom. The van der Waals surface area contributed by atoms with Crippen molar-refractivity contribution in [1.82, 2.24) is 9.97 Å². The summed E-state index contributed by atoms with van der Waals surface area (Å²) < 4.78 is 5.31. The molecule has 0 spiro atoms. The number of aromatic nitrogens is 2. The molecule has 0 bridgehead atoms. The van der Waals surface area contributed by atoms with E-state index < -0.39 is 5.60 Å². The molecule has 2 unspecified atom stereocenters. The first-order chi connectivity index (χ1) is 11.3. The van der Waals surface area contributed by atoms with Crippen LogP contribution in [0.15, 0.2) is 18.3 Å². The Kier molecular flexibility index (Phi) is 4.04. The van der Waals surface area contributed by atoms with Crippen LogP contribution >= 0.6 is 11.6 Å². The van der Waals surface area contributed by atoms with Crippen LogP contribution in [0, 0.1) is 5.92 Å². The van der Waals surface area contributed by atoms with Crippen LogP contribution in [0.2, 0.25) is 5.15 Å². The van der Waals surface area contributed by atoms with E-state index in [1.54, 1.807) is 26.0 Å². The summed E-state index contributed by atoms with van der Waals surface area (Å²) in [5, 5.41) is 4.39. The SMILES string of the molecule is CCC(=O)OC1(C)CC1C(=O)Nc1cc2cc(Cl)nc(N)c2cn1. The highest BCUT2D eigenvalue weighted by molar-refractivity contribution is 6.30. The number of pyridine rings is 2. The van der Waals surface area contributed by atoms with Gasteiger partial charge in [0.15, 0.2) is 0 Å². The van der Waals surface area contributed by atoms with Crippen LogP contribution in [0.4, 0.5) is 11.6 Å². The van der Waals surface area contributed by atoms with Gasteiger partial charge in [0.2, 0.25) is 5.91 Å². The lowest BCUT2D eigenvalue weighted by Gasteiger charge is -2.12. The van der Waals surface area contributed by atoms with E-state index >= 15 is 0 Å². The first-order valence-electron chi connectivity index (χ1n) is 7.57. The van der Waals surface area contributed by atoms with E-state index in [-0.39, 0.29) is 35.2 Å². The van der Waals surface area contributed by atoms with Gasteiger partial charge in [-0.3, -0.25) is 9.59 Å². The van der Waals surface area contributed by atoms with E-state index in [2.05, 4.69) is 15.3 Å². The highest BCUT2D eigenvalue weighted by atomic mass is 35.5. The number of hydrogen-bond acceptors (Lipinski definition) is 6. The fourth-order valence-corrected chi connectivity index (χ4v) is 2.79. The van der Waals surface area contributed by atoms with E-state index in [4.69, 9.17) is 22.1 Å². The molecule has 1 amide bonds. The van der Waals surface area contributed by atoms with Crippen molar-refractivity contribution in [2.75, 3.05) is 11.1 Å². The van der Waals surface area contributed by atoms with Crippen LogP contribution in [0.3, 0.4) is 0 Å². The molecule has 3 N–H and O–H groups in total. The van der Waals surface area contributed by atoms with Gasteiger partial charge in [0, 0.05) is 24.4 Å². The van der Waals surface area contributed by atoms with Gasteiger partial charge in [-0.1, -0.05) is 18.5 Å². The maximum Gasteiger partial charge on any atom is 0.306 e. The summed E-state index contributed by atoms with van der Waals surface area (Å²) in [7, 11) is 0. The topological polar surface area (TPSA) is 107 Å². The molecule has 3 rings (SSSR count). The molecule has 0 saturated heterocycles. The lowest BCUT2D eigenvalue weighted by atomic mass is 10.2. The van der Waals surface area contributed by atoms with Crippen LogP contribution < -0.4 is 11.1 Å². The number of halogens is 1. The smallest absolute Gasteiger partial charge is 0.306 e. The van der Waals surface area contributed by atoms with Crippen LogP contribution in [-0.4, -0.2) is 27.4 Å². The fourth-order valence-electron chi connectivity index (χ4n) is 2.58. The normalized spacial score (nSPS) is 22.2. The number of fused-ring (bicyclic) bond motifs is 1. The molecule has 1 saturated carbocycles. The van der Waals surface area contributed by atoms with Crippen molar-refractivity contribution in [3.05, 3.63) is 23.5 Å². The van der Waals surface area contributed by atoms with Gasteiger partial charge in [-0.05, 0) is 24.4 Å². The van der Waals surface area contributed by atoms with Crippen molar-refractivity contribution < 1.29 is 14.3 Å². The van der Waals surface area contributed by atoms with E-state index in [1.165, 1.54) is 6.20 Å². The van der Waals surface area contributed by atoms with Crippen molar-refractivity contribution >= 4 is 45.9 Å². The van der Waals surface area contributed by atoms with Crippen molar-refractivity contribution in [2.45, 2.75) is 32.3 Å². The van der Waals surface area contributed by atoms with Crippen LogP contribution in [0.1, 0.15) is 26.7 Å². The lowest BCUT2D eigenvalue weighted by Crippen LogP contribution is -2.24. The number of nitrogen functional groups attached to an aromatic ring is 1. The van der Waals surface area contributed by atoms with E-state index in [0.717, 1.165) is 5.39 Å². The largest absolute Gasteiger partial charge is 0.458 e. The maximum absolute atomic E-state index is 12.3. The fraction of sp³-hybridized carbons (Fsp3) is 0.375. The minimum atomic E-state index is -0.730. The van der Waals surface area contributed by atoms with Crippen LogP contribution in [0.25, 0.3) is 10.8 Å².